The van der Waals surface area contributed by atoms with Crippen molar-refractivity contribution in [2.24, 2.45) is 0 Å². The third-order valence-corrected chi connectivity index (χ3v) is 4.08. The van der Waals surface area contributed by atoms with Gasteiger partial charge >= 0.3 is 6.09 Å². The molecule has 162 valence electrons. The van der Waals surface area contributed by atoms with E-state index in [1.165, 1.54) is 24.1 Å². The van der Waals surface area contributed by atoms with Crippen molar-refractivity contribution in [1.82, 2.24) is 15.5 Å². The van der Waals surface area contributed by atoms with Gasteiger partial charge in [-0.25, -0.2) is 4.79 Å². The van der Waals surface area contributed by atoms with Gasteiger partial charge in [-0.15, -0.1) is 0 Å². The van der Waals surface area contributed by atoms with Gasteiger partial charge in [0, 0.05) is 13.6 Å². The predicted molar refractivity (Wildman–Crippen MR) is 110 cm³/mol. The molecule has 0 aromatic heterocycles. The Hall–Kier alpha value is -2.77. The Morgan fingerprint density at radius 3 is 2.45 bits per heavy atom. The smallest absolute Gasteiger partial charge is 0.408 e. The Kier molecular flexibility index (Phi) is 9.44. The molecule has 8 nitrogen and oxygen atoms in total. The number of amides is 3. The maximum atomic E-state index is 12.8. The van der Waals surface area contributed by atoms with E-state index >= 15 is 0 Å². The van der Waals surface area contributed by atoms with Crippen LogP contribution in [-0.4, -0.2) is 53.7 Å². The van der Waals surface area contributed by atoms with Crippen LogP contribution in [-0.2, 0) is 14.3 Å². The quantitative estimate of drug-likeness (QED) is 0.546. The number of hydrogen-bond donors (Lipinski definition) is 3. The van der Waals surface area contributed by atoms with Gasteiger partial charge in [0.25, 0.3) is 0 Å². The summed E-state index contributed by atoms with van der Waals surface area (Å²) in [5, 5.41) is 15.0. The van der Waals surface area contributed by atoms with E-state index in [-0.39, 0.29) is 18.2 Å². The maximum Gasteiger partial charge on any atom is 0.408 e. The fourth-order valence-corrected chi connectivity index (χ4v) is 2.66. The van der Waals surface area contributed by atoms with E-state index in [1.807, 2.05) is 0 Å². The third kappa shape index (κ3) is 8.85. The summed E-state index contributed by atoms with van der Waals surface area (Å²) in [6.45, 7) is 7.43. The molecule has 0 spiro atoms. The van der Waals surface area contributed by atoms with Gasteiger partial charge in [0.1, 0.15) is 23.9 Å². The lowest BCUT2D eigenvalue weighted by Gasteiger charge is -2.28. The molecule has 1 rings (SSSR count). The highest BCUT2D eigenvalue weighted by molar-refractivity contribution is 5.90. The molecular weight excluding hydrogens is 374 g/mol. The van der Waals surface area contributed by atoms with E-state index < -0.39 is 23.6 Å². The number of rotatable bonds is 9. The van der Waals surface area contributed by atoms with Crippen molar-refractivity contribution in [1.29, 1.82) is 0 Å². The first kappa shape index (κ1) is 24.3. The topological polar surface area (TPSA) is 108 Å². The number of benzene rings is 1. The highest BCUT2D eigenvalue weighted by Crippen LogP contribution is 2.23. The number of hydrogen-bond acceptors (Lipinski definition) is 5. The van der Waals surface area contributed by atoms with Crippen LogP contribution in [0.5, 0.6) is 5.75 Å². The molecule has 3 amide bonds. The number of nitrogens with one attached hydrogen (secondary N) is 2. The lowest BCUT2D eigenvalue weighted by atomic mass is 10.0. The summed E-state index contributed by atoms with van der Waals surface area (Å²) >= 11 is 0. The molecule has 0 bridgehead atoms. The van der Waals surface area contributed by atoms with Gasteiger partial charge in [0.2, 0.25) is 11.8 Å². The van der Waals surface area contributed by atoms with E-state index in [1.54, 1.807) is 32.9 Å². The van der Waals surface area contributed by atoms with Gasteiger partial charge in [-0.05, 0) is 44.9 Å². The molecule has 0 aliphatic carbocycles. The normalized spacial score (nSPS) is 12.0. The molecule has 1 atom stereocenters. The Morgan fingerprint density at radius 1 is 1.17 bits per heavy atom. The Bertz CT molecular complexity index is 700. The largest absolute Gasteiger partial charge is 0.508 e. The molecule has 1 aromatic carbocycles. The van der Waals surface area contributed by atoms with Crippen LogP contribution >= 0.6 is 0 Å². The number of carbonyl (C=O) groups excluding carboxylic acids is 3. The van der Waals surface area contributed by atoms with Crippen LogP contribution in [0.25, 0.3) is 0 Å². The summed E-state index contributed by atoms with van der Waals surface area (Å²) in [7, 11) is 1.49. The molecule has 0 saturated carbocycles. The summed E-state index contributed by atoms with van der Waals surface area (Å²) in [6, 6.07) is 5.28. The van der Waals surface area contributed by atoms with Crippen molar-refractivity contribution in [3.05, 3.63) is 29.8 Å². The van der Waals surface area contributed by atoms with Crippen molar-refractivity contribution in [2.45, 2.75) is 58.6 Å². The minimum Gasteiger partial charge on any atom is -0.508 e. The van der Waals surface area contributed by atoms with Gasteiger partial charge in [-0.1, -0.05) is 31.9 Å². The molecule has 0 fully saturated rings. The van der Waals surface area contributed by atoms with E-state index in [0.29, 0.717) is 12.1 Å². The van der Waals surface area contributed by atoms with Gasteiger partial charge in [-0.3, -0.25) is 9.59 Å². The van der Waals surface area contributed by atoms with E-state index in [2.05, 4.69) is 17.6 Å². The molecule has 1 aromatic rings. The van der Waals surface area contributed by atoms with Crippen LogP contribution < -0.4 is 10.6 Å². The second kappa shape index (κ2) is 11.3. The first-order valence-electron chi connectivity index (χ1n) is 9.84. The number of phenols is 1. The third-order valence-electron chi connectivity index (χ3n) is 4.08. The van der Waals surface area contributed by atoms with Crippen LogP contribution in [0, 0.1) is 0 Å². The minimum absolute atomic E-state index is 0.000915. The SMILES string of the molecule is CCCCCNC(=O)C(c1cccc(O)c1)N(C)C(=O)CNC(=O)OC(C)(C)C. The molecule has 1 unspecified atom stereocenters. The molecule has 0 aliphatic rings. The van der Waals surface area contributed by atoms with E-state index in [0.717, 1.165) is 19.3 Å². The van der Waals surface area contributed by atoms with E-state index in [9.17, 15) is 19.5 Å². The van der Waals surface area contributed by atoms with Crippen LogP contribution in [0.2, 0.25) is 0 Å². The molecule has 29 heavy (non-hydrogen) atoms. The van der Waals surface area contributed by atoms with E-state index in [4.69, 9.17) is 4.74 Å². The molecule has 0 saturated heterocycles. The van der Waals surface area contributed by atoms with Crippen LogP contribution in [0.1, 0.15) is 58.6 Å². The van der Waals surface area contributed by atoms with Crippen molar-refractivity contribution < 1.29 is 24.2 Å². The number of nitrogens with zero attached hydrogens (tertiary/aromatic N) is 1. The number of alkyl carbamates (subject to hydrolysis) is 1. The zero-order chi connectivity index (χ0) is 22.0. The Balaban J connectivity index is 2.86. The van der Waals surface area contributed by atoms with Gasteiger partial charge in [-0.2, -0.15) is 0 Å². The first-order valence-corrected chi connectivity index (χ1v) is 9.84. The second-order valence-corrected chi connectivity index (χ2v) is 7.86. The molecule has 0 aliphatic heterocycles. The van der Waals surface area contributed by atoms with Crippen LogP contribution in [0.3, 0.4) is 0 Å². The van der Waals surface area contributed by atoms with Crippen molar-refractivity contribution in [3.8, 4) is 5.75 Å². The zero-order valence-electron chi connectivity index (χ0n) is 17.9. The highest BCUT2D eigenvalue weighted by atomic mass is 16.6. The Labute approximate surface area is 172 Å². The summed E-state index contributed by atoms with van der Waals surface area (Å²) in [5.41, 5.74) is -0.201. The first-order chi connectivity index (χ1) is 13.5. The minimum atomic E-state index is -0.934. The fourth-order valence-electron chi connectivity index (χ4n) is 2.66. The van der Waals surface area contributed by atoms with Crippen molar-refractivity contribution >= 4 is 17.9 Å². The van der Waals surface area contributed by atoms with Crippen molar-refractivity contribution in [3.63, 3.8) is 0 Å². The lowest BCUT2D eigenvalue weighted by molar-refractivity contribution is -0.138. The molecule has 8 heteroatoms. The monoisotopic (exact) mass is 407 g/mol. The molecule has 3 N–H and O–H groups in total. The Morgan fingerprint density at radius 2 is 1.86 bits per heavy atom. The summed E-state index contributed by atoms with van der Waals surface area (Å²) in [4.78, 5) is 38.4. The second-order valence-electron chi connectivity index (χ2n) is 7.86. The number of carbonyl (C=O) groups is 3. The summed E-state index contributed by atoms with van der Waals surface area (Å²) in [5.74, 6) is -0.813. The standard InChI is InChI=1S/C21H33N3O5/c1-6-7-8-12-22-19(27)18(15-10-9-11-16(25)13-15)24(5)17(26)14-23-20(28)29-21(2,3)4/h9-11,13,18,25H,6-8,12,14H2,1-5H3,(H,22,27)(H,23,28). The maximum absolute atomic E-state index is 12.8. The predicted octanol–water partition coefficient (Wildman–Crippen LogP) is 2.72. The molecule has 0 heterocycles. The van der Waals surface area contributed by atoms with Gasteiger partial charge in [0.05, 0.1) is 0 Å². The lowest BCUT2D eigenvalue weighted by Crippen LogP contribution is -2.46. The average molecular weight is 408 g/mol. The number of ether oxygens (including phenoxy) is 1. The zero-order valence-corrected chi connectivity index (χ0v) is 17.9. The number of aromatic hydroxyl groups is 1. The summed E-state index contributed by atoms with van der Waals surface area (Å²) in [6.07, 6.45) is 2.15. The van der Waals surface area contributed by atoms with Crippen molar-refractivity contribution in [2.75, 3.05) is 20.1 Å². The number of phenolic OH excluding ortho intramolecular Hbond substituents is 1. The van der Waals surface area contributed by atoms with Gasteiger partial charge in [0.15, 0.2) is 0 Å². The highest BCUT2D eigenvalue weighted by Gasteiger charge is 2.29. The number of unbranched alkanes of at least 4 members (excludes halogenated alkanes) is 2. The fraction of sp³-hybridized carbons (Fsp3) is 0.571. The summed E-state index contributed by atoms with van der Waals surface area (Å²) < 4.78 is 5.12. The number of likely N-dealkylation sites (N-methyl/N-ethyl adjacent to an activating group) is 1. The van der Waals surface area contributed by atoms with Crippen LogP contribution in [0.4, 0.5) is 4.79 Å². The van der Waals surface area contributed by atoms with Gasteiger partial charge < -0.3 is 25.4 Å². The molecular formula is C21H33N3O5. The van der Waals surface area contributed by atoms with Crippen LogP contribution in [0.15, 0.2) is 24.3 Å². The average Bonchev–Trinajstić information content (AvgIpc) is 2.62. The molecule has 0 radical (unpaired) electrons.